The minimum atomic E-state index is -0.651. The summed E-state index contributed by atoms with van der Waals surface area (Å²) in [6.45, 7) is 11.1. The van der Waals surface area contributed by atoms with Gasteiger partial charge in [0.25, 0.3) is 0 Å². The highest BCUT2D eigenvalue weighted by Gasteiger charge is 2.39. The molecule has 41 heavy (non-hydrogen) atoms. The van der Waals surface area contributed by atoms with E-state index in [9.17, 15) is 13.6 Å². The summed E-state index contributed by atoms with van der Waals surface area (Å²) in [7, 11) is 0. The molecule has 1 amide bonds. The Hall–Kier alpha value is -3.49. The van der Waals surface area contributed by atoms with Gasteiger partial charge >= 0.3 is 6.09 Å². The third-order valence-corrected chi connectivity index (χ3v) is 8.48. The molecule has 1 aliphatic heterocycles. The predicted octanol–water partition coefficient (Wildman–Crippen LogP) is 7.31. The Labute approximate surface area is 240 Å². The van der Waals surface area contributed by atoms with Crippen LogP contribution in [0.1, 0.15) is 108 Å². The smallest absolute Gasteiger partial charge is 0.410 e. The van der Waals surface area contributed by atoms with Crippen molar-refractivity contribution in [1.29, 1.82) is 0 Å². The van der Waals surface area contributed by atoms with Crippen molar-refractivity contribution in [1.82, 2.24) is 25.1 Å². The summed E-state index contributed by atoms with van der Waals surface area (Å²) in [5.74, 6) is -0.204. The molecule has 218 valence electrons. The number of aromatic nitrogens is 4. The summed E-state index contributed by atoms with van der Waals surface area (Å²) < 4.78 is 34.9. The first-order valence-electron chi connectivity index (χ1n) is 14.6. The molecule has 7 nitrogen and oxygen atoms in total. The third kappa shape index (κ3) is 5.95. The van der Waals surface area contributed by atoms with Crippen LogP contribution in [0.4, 0.5) is 13.6 Å². The minimum Gasteiger partial charge on any atom is -0.444 e. The zero-order chi connectivity index (χ0) is 29.4. The fraction of sp³-hybridized carbons (Fsp3) is 0.531. The number of carbonyl (C=O) groups excluding carboxylic acids is 1. The molecule has 1 saturated heterocycles. The molecule has 1 fully saturated rings. The van der Waals surface area contributed by atoms with Crippen LogP contribution in [-0.2, 0) is 10.2 Å². The van der Waals surface area contributed by atoms with Crippen molar-refractivity contribution < 1.29 is 18.3 Å². The molecular weight excluding hydrogens is 524 g/mol. The molecule has 2 atom stereocenters. The normalized spacial score (nSPS) is 21.7. The number of benzene rings is 1. The van der Waals surface area contributed by atoms with E-state index in [4.69, 9.17) is 9.72 Å². The number of likely N-dealkylation sites (tertiary alicyclic amines) is 1. The number of carbonyl (C=O) groups is 1. The fourth-order valence-corrected chi connectivity index (χ4v) is 6.18. The molecule has 0 bridgehead atoms. The van der Waals surface area contributed by atoms with E-state index >= 15 is 0 Å². The molecule has 3 aromatic rings. The van der Waals surface area contributed by atoms with Gasteiger partial charge in [-0.05, 0) is 95.5 Å². The summed E-state index contributed by atoms with van der Waals surface area (Å²) >= 11 is 0. The van der Waals surface area contributed by atoms with Gasteiger partial charge in [-0.15, -0.1) is 5.10 Å². The number of hydrogen-bond acceptors (Lipinski definition) is 6. The van der Waals surface area contributed by atoms with Crippen LogP contribution in [-0.4, -0.2) is 49.8 Å². The molecule has 0 saturated carbocycles. The minimum absolute atomic E-state index is 0.128. The maximum Gasteiger partial charge on any atom is 0.410 e. The van der Waals surface area contributed by atoms with Crippen LogP contribution in [0.2, 0.25) is 0 Å². The molecule has 2 aromatic heterocycles. The lowest BCUT2D eigenvalue weighted by atomic mass is 9.77. The highest BCUT2D eigenvalue weighted by atomic mass is 19.1. The summed E-state index contributed by atoms with van der Waals surface area (Å²) in [6, 6.07) is 7.61. The Morgan fingerprint density at radius 3 is 2.46 bits per heavy atom. The predicted molar refractivity (Wildman–Crippen MR) is 153 cm³/mol. The monoisotopic (exact) mass is 563 g/mol. The van der Waals surface area contributed by atoms with Crippen LogP contribution in [0.5, 0.6) is 0 Å². The average Bonchev–Trinajstić information content (AvgIpc) is 3.08. The van der Waals surface area contributed by atoms with Gasteiger partial charge in [0.05, 0.1) is 28.1 Å². The van der Waals surface area contributed by atoms with E-state index in [1.165, 1.54) is 18.2 Å². The van der Waals surface area contributed by atoms with Crippen molar-refractivity contribution in [3.63, 3.8) is 0 Å². The fourth-order valence-electron chi connectivity index (χ4n) is 6.18. The van der Waals surface area contributed by atoms with E-state index in [-0.39, 0.29) is 29.2 Å². The number of ether oxygens (including phenoxy) is 1. The van der Waals surface area contributed by atoms with E-state index in [0.29, 0.717) is 13.1 Å². The summed E-state index contributed by atoms with van der Waals surface area (Å²) in [6.07, 6.45) is 6.66. The van der Waals surface area contributed by atoms with Gasteiger partial charge < -0.3 is 9.64 Å². The van der Waals surface area contributed by atoms with Gasteiger partial charge in [0.2, 0.25) is 0 Å². The van der Waals surface area contributed by atoms with Crippen molar-refractivity contribution in [3.8, 4) is 11.3 Å². The van der Waals surface area contributed by atoms with Gasteiger partial charge in [0.1, 0.15) is 23.1 Å². The van der Waals surface area contributed by atoms with Gasteiger partial charge in [-0.3, -0.25) is 0 Å². The average molecular weight is 564 g/mol. The number of halogens is 2. The molecule has 1 aromatic carbocycles. The van der Waals surface area contributed by atoms with Gasteiger partial charge in [0.15, 0.2) is 0 Å². The Morgan fingerprint density at radius 2 is 1.80 bits per heavy atom. The zero-order valence-corrected chi connectivity index (χ0v) is 24.6. The quantitative estimate of drug-likeness (QED) is 0.310. The van der Waals surface area contributed by atoms with Crippen LogP contribution in [0.3, 0.4) is 0 Å². The Kier molecular flexibility index (Phi) is 8.08. The van der Waals surface area contributed by atoms with Crippen LogP contribution in [0.25, 0.3) is 11.3 Å². The number of fused-ring (bicyclic) bond motifs is 1. The molecule has 9 heteroatoms. The van der Waals surface area contributed by atoms with Crippen molar-refractivity contribution in [2.45, 2.75) is 96.0 Å². The van der Waals surface area contributed by atoms with Gasteiger partial charge in [-0.25, -0.2) is 23.5 Å². The lowest BCUT2D eigenvalue weighted by Crippen LogP contribution is -2.41. The topological polar surface area (TPSA) is 81.1 Å². The lowest BCUT2D eigenvalue weighted by molar-refractivity contribution is 0.0203. The first kappa shape index (κ1) is 29.0. The number of hydrogen-bond donors (Lipinski definition) is 0. The Morgan fingerprint density at radius 1 is 1.10 bits per heavy atom. The first-order chi connectivity index (χ1) is 19.5. The second kappa shape index (κ2) is 11.4. The second-order valence-electron chi connectivity index (χ2n) is 12.5. The number of amides is 1. The van der Waals surface area contributed by atoms with Gasteiger partial charge in [-0.2, -0.15) is 5.10 Å². The zero-order valence-electron chi connectivity index (χ0n) is 24.6. The lowest BCUT2D eigenvalue weighted by Gasteiger charge is -2.33. The van der Waals surface area contributed by atoms with Crippen molar-refractivity contribution >= 4 is 6.09 Å². The van der Waals surface area contributed by atoms with Crippen LogP contribution in [0.15, 0.2) is 36.5 Å². The first-order valence-corrected chi connectivity index (χ1v) is 14.6. The van der Waals surface area contributed by atoms with Gasteiger partial charge in [0, 0.05) is 25.2 Å². The second-order valence-corrected chi connectivity index (χ2v) is 12.5. The molecular formula is C32H39F2N5O2. The van der Waals surface area contributed by atoms with Crippen molar-refractivity contribution in [2.24, 2.45) is 0 Å². The number of rotatable bonds is 4. The molecule has 5 rings (SSSR count). The van der Waals surface area contributed by atoms with Crippen LogP contribution < -0.4 is 0 Å². The molecule has 0 spiro atoms. The molecule has 0 N–H and O–H groups in total. The molecule has 0 radical (unpaired) electrons. The third-order valence-electron chi connectivity index (χ3n) is 8.48. The largest absolute Gasteiger partial charge is 0.444 e. The van der Waals surface area contributed by atoms with E-state index in [1.807, 2.05) is 39.1 Å². The van der Waals surface area contributed by atoms with Crippen molar-refractivity contribution in [3.05, 3.63) is 70.9 Å². The van der Waals surface area contributed by atoms with Crippen molar-refractivity contribution in [2.75, 3.05) is 13.1 Å². The van der Waals surface area contributed by atoms with Gasteiger partial charge in [-0.1, -0.05) is 19.4 Å². The molecule has 1 aliphatic carbocycles. The standard InChI is InChI=1S/C32H39F2N5O2/c1-6-20-9-8-15-32(5,28-22(20)19-25(37-38-28)27-23(33)10-7-11-24(27)34)26-12-16-35-29(36-26)21-13-17-39(18-14-21)30(40)41-31(2,3)4/h7,10-12,16,19-21H,6,8-9,13-15,17-18H2,1-5H3/t20-,32+/m1/s1. The van der Waals surface area contributed by atoms with Crippen LogP contribution in [0, 0.1) is 11.6 Å². The Balaban J connectivity index is 1.45. The SMILES string of the molecule is CC[C@@H]1CCC[C@@](C)(c2ccnc(C3CCN(C(=O)OC(C)(C)C)CC3)n2)c2nnc(-c3c(F)cccc3F)cc21. The Bertz CT molecular complexity index is 1400. The maximum absolute atomic E-state index is 14.7. The summed E-state index contributed by atoms with van der Waals surface area (Å²) in [4.78, 5) is 24.0. The summed E-state index contributed by atoms with van der Waals surface area (Å²) in [5, 5.41) is 9.02. The molecule has 2 aliphatic rings. The highest BCUT2D eigenvalue weighted by Crippen LogP contribution is 2.45. The highest BCUT2D eigenvalue weighted by molar-refractivity contribution is 5.68. The summed E-state index contributed by atoms with van der Waals surface area (Å²) in [5.41, 5.74) is 1.66. The van der Waals surface area contributed by atoms with Crippen LogP contribution >= 0.6 is 0 Å². The number of piperidine rings is 1. The number of nitrogens with zero attached hydrogens (tertiary/aromatic N) is 5. The van der Waals surface area contributed by atoms with E-state index in [1.54, 1.807) is 4.90 Å². The van der Waals surface area contributed by atoms with E-state index < -0.39 is 22.7 Å². The molecule has 3 heterocycles. The van der Waals surface area contributed by atoms with E-state index in [0.717, 1.165) is 61.3 Å². The maximum atomic E-state index is 14.7. The molecule has 0 unspecified atom stereocenters. The van der Waals surface area contributed by atoms with E-state index in [2.05, 4.69) is 29.0 Å².